The molecule has 3 N–H and O–H groups in total. The van der Waals surface area contributed by atoms with Gasteiger partial charge in [-0.3, -0.25) is 5.10 Å². The predicted molar refractivity (Wildman–Crippen MR) is 59.3 cm³/mol. The Morgan fingerprint density at radius 1 is 1.62 bits per heavy atom. The Bertz CT molecular complexity index is 388. The van der Waals surface area contributed by atoms with E-state index in [1.165, 1.54) is 12.4 Å². The lowest BCUT2D eigenvalue weighted by atomic mass is 10.0. The van der Waals surface area contributed by atoms with Crippen molar-refractivity contribution in [3.63, 3.8) is 0 Å². The van der Waals surface area contributed by atoms with Gasteiger partial charge in [-0.25, -0.2) is 13.1 Å². The van der Waals surface area contributed by atoms with Crippen LogP contribution in [-0.4, -0.2) is 36.9 Å². The van der Waals surface area contributed by atoms with Crippen molar-refractivity contribution in [3.8, 4) is 0 Å². The zero-order valence-corrected chi connectivity index (χ0v) is 10.00. The molecule has 6 nitrogen and oxygen atoms in total. The van der Waals surface area contributed by atoms with Gasteiger partial charge in [-0.2, -0.15) is 5.10 Å². The van der Waals surface area contributed by atoms with Crippen LogP contribution < -0.4 is 4.72 Å². The van der Waals surface area contributed by atoms with Crippen LogP contribution in [0, 0.1) is 5.92 Å². The van der Waals surface area contributed by atoms with E-state index in [-0.39, 0.29) is 17.4 Å². The third-order valence-electron chi connectivity index (χ3n) is 2.46. The van der Waals surface area contributed by atoms with Gasteiger partial charge in [0.1, 0.15) is 4.90 Å². The number of sulfonamides is 1. The van der Waals surface area contributed by atoms with Crippen LogP contribution in [0.1, 0.15) is 19.8 Å². The smallest absolute Gasteiger partial charge is 0.243 e. The predicted octanol–water partition coefficient (Wildman–Crippen LogP) is 0.0966. The molecule has 1 rings (SSSR count). The molecule has 0 saturated heterocycles. The molecule has 0 radical (unpaired) electrons. The highest BCUT2D eigenvalue weighted by Gasteiger charge is 2.16. The summed E-state index contributed by atoms with van der Waals surface area (Å²) < 4.78 is 25.9. The lowest BCUT2D eigenvalue weighted by molar-refractivity contribution is 0.254. The van der Waals surface area contributed by atoms with Crippen LogP contribution in [-0.2, 0) is 10.0 Å². The molecule has 1 aromatic heterocycles. The van der Waals surface area contributed by atoms with E-state index in [0.717, 1.165) is 6.42 Å². The van der Waals surface area contributed by atoms with Crippen LogP contribution in [0.15, 0.2) is 17.3 Å². The fourth-order valence-corrected chi connectivity index (χ4v) is 2.35. The van der Waals surface area contributed by atoms with E-state index in [1.54, 1.807) is 0 Å². The van der Waals surface area contributed by atoms with Gasteiger partial charge in [-0.1, -0.05) is 13.3 Å². The molecule has 0 aromatic carbocycles. The van der Waals surface area contributed by atoms with Crippen LogP contribution in [0.5, 0.6) is 0 Å². The van der Waals surface area contributed by atoms with Crippen molar-refractivity contribution in [2.45, 2.75) is 24.7 Å². The third kappa shape index (κ3) is 3.58. The van der Waals surface area contributed by atoms with E-state index in [2.05, 4.69) is 14.9 Å². The van der Waals surface area contributed by atoms with Gasteiger partial charge in [-0.15, -0.1) is 0 Å². The SMILES string of the molecule is CCC(CCO)CNS(=O)(=O)c1cn[nH]c1. The van der Waals surface area contributed by atoms with Gasteiger partial charge in [0.25, 0.3) is 0 Å². The Morgan fingerprint density at radius 3 is 2.88 bits per heavy atom. The Balaban J connectivity index is 2.54. The summed E-state index contributed by atoms with van der Waals surface area (Å²) in [5, 5.41) is 14.8. The molecule has 92 valence electrons. The summed E-state index contributed by atoms with van der Waals surface area (Å²) in [4.78, 5) is 0.131. The first-order valence-electron chi connectivity index (χ1n) is 5.19. The monoisotopic (exact) mass is 247 g/mol. The van der Waals surface area contributed by atoms with Crippen LogP contribution in [0.4, 0.5) is 0 Å². The molecule has 0 saturated carbocycles. The number of aliphatic hydroxyl groups is 1. The van der Waals surface area contributed by atoms with Gasteiger partial charge >= 0.3 is 0 Å². The fraction of sp³-hybridized carbons (Fsp3) is 0.667. The maximum absolute atomic E-state index is 11.7. The second-order valence-corrected chi connectivity index (χ2v) is 5.34. The first-order chi connectivity index (χ1) is 7.60. The van der Waals surface area contributed by atoms with Crippen molar-refractivity contribution in [1.82, 2.24) is 14.9 Å². The van der Waals surface area contributed by atoms with E-state index >= 15 is 0 Å². The summed E-state index contributed by atoms with van der Waals surface area (Å²) in [5.41, 5.74) is 0. The van der Waals surface area contributed by atoms with Crippen molar-refractivity contribution in [2.24, 2.45) is 5.92 Å². The second-order valence-electron chi connectivity index (χ2n) is 3.57. The average Bonchev–Trinajstić information content (AvgIpc) is 2.78. The van der Waals surface area contributed by atoms with E-state index < -0.39 is 10.0 Å². The lowest BCUT2D eigenvalue weighted by Gasteiger charge is -2.13. The van der Waals surface area contributed by atoms with Gasteiger partial charge in [0.05, 0.1) is 6.20 Å². The Hall–Kier alpha value is -0.920. The molecule has 7 heteroatoms. The molecule has 16 heavy (non-hydrogen) atoms. The van der Waals surface area contributed by atoms with Crippen LogP contribution >= 0.6 is 0 Å². The molecule has 1 atom stereocenters. The largest absolute Gasteiger partial charge is 0.396 e. The minimum Gasteiger partial charge on any atom is -0.396 e. The van der Waals surface area contributed by atoms with Crippen molar-refractivity contribution in [3.05, 3.63) is 12.4 Å². The van der Waals surface area contributed by atoms with Crippen molar-refractivity contribution < 1.29 is 13.5 Å². The number of H-pyrrole nitrogens is 1. The van der Waals surface area contributed by atoms with Gasteiger partial charge in [-0.05, 0) is 12.3 Å². The fourth-order valence-electron chi connectivity index (χ4n) is 1.33. The zero-order valence-electron chi connectivity index (χ0n) is 9.18. The van der Waals surface area contributed by atoms with E-state index in [0.29, 0.717) is 13.0 Å². The summed E-state index contributed by atoms with van der Waals surface area (Å²) in [6.45, 7) is 2.38. The number of hydrogen-bond donors (Lipinski definition) is 3. The molecular formula is C9H17N3O3S. The van der Waals surface area contributed by atoms with E-state index in [9.17, 15) is 8.42 Å². The summed E-state index contributed by atoms with van der Waals surface area (Å²) in [6, 6.07) is 0. The minimum atomic E-state index is -3.47. The van der Waals surface area contributed by atoms with E-state index in [4.69, 9.17) is 5.11 Å². The number of rotatable bonds is 7. The first-order valence-corrected chi connectivity index (χ1v) is 6.67. The number of aliphatic hydroxyl groups excluding tert-OH is 1. The first kappa shape index (κ1) is 13.1. The molecule has 0 spiro atoms. The molecule has 0 amide bonds. The zero-order chi connectivity index (χ0) is 12.0. The third-order valence-corrected chi connectivity index (χ3v) is 3.85. The molecule has 0 fully saturated rings. The summed E-state index contributed by atoms with van der Waals surface area (Å²) in [5.74, 6) is 0.159. The molecule has 1 heterocycles. The van der Waals surface area contributed by atoms with Crippen molar-refractivity contribution >= 4 is 10.0 Å². The summed E-state index contributed by atoms with van der Waals surface area (Å²) in [6.07, 6.45) is 4.02. The second kappa shape index (κ2) is 5.97. The van der Waals surface area contributed by atoms with Gasteiger partial charge in [0, 0.05) is 19.3 Å². The van der Waals surface area contributed by atoms with Gasteiger partial charge < -0.3 is 5.11 Å². The average molecular weight is 247 g/mol. The van der Waals surface area contributed by atoms with Crippen molar-refractivity contribution in [1.29, 1.82) is 0 Å². The van der Waals surface area contributed by atoms with Crippen LogP contribution in [0.25, 0.3) is 0 Å². The summed E-state index contributed by atoms with van der Waals surface area (Å²) in [7, 11) is -3.47. The molecule has 0 aliphatic carbocycles. The molecule has 0 aliphatic rings. The van der Waals surface area contributed by atoms with Gasteiger partial charge in [0.15, 0.2) is 0 Å². The molecule has 1 aromatic rings. The highest BCUT2D eigenvalue weighted by Crippen LogP contribution is 2.09. The minimum absolute atomic E-state index is 0.0753. The van der Waals surface area contributed by atoms with Crippen LogP contribution in [0.3, 0.4) is 0 Å². The maximum atomic E-state index is 11.7. The van der Waals surface area contributed by atoms with Gasteiger partial charge in [0.2, 0.25) is 10.0 Å². The highest BCUT2D eigenvalue weighted by molar-refractivity contribution is 7.89. The number of aromatic amines is 1. The Labute approximate surface area is 95.1 Å². The maximum Gasteiger partial charge on any atom is 0.243 e. The van der Waals surface area contributed by atoms with E-state index in [1.807, 2.05) is 6.92 Å². The number of nitrogens with one attached hydrogen (secondary N) is 2. The van der Waals surface area contributed by atoms with Crippen LogP contribution in [0.2, 0.25) is 0 Å². The molecule has 1 unspecified atom stereocenters. The standard InChI is InChI=1S/C9H17N3O3S/c1-2-8(3-4-13)5-12-16(14,15)9-6-10-11-7-9/h6-8,12-13H,2-5H2,1H3,(H,10,11). The highest BCUT2D eigenvalue weighted by atomic mass is 32.2. The normalized spacial score (nSPS) is 13.9. The lowest BCUT2D eigenvalue weighted by Crippen LogP contribution is -2.29. The summed E-state index contributed by atoms with van der Waals surface area (Å²) >= 11 is 0. The molecular weight excluding hydrogens is 230 g/mol. The number of aromatic nitrogens is 2. The topological polar surface area (TPSA) is 95.1 Å². The number of nitrogens with zero attached hydrogens (tertiary/aromatic N) is 1. The van der Waals surface area contributed by atoms with Crippen molar-refractivity contribution in [2.75, 3.05) is 13.2 Å². The molecule has 0 bridgehead atoms. The Kier molecular flexibility index (Phi) is 4.91. The molecule has 0 aliphatic heterocycles. The quantitative estimate of drug-likeness (QED) is 0.636. The Morgan fingerprint density at radius 2 is 2.38 bits per heavy atom. The number of hydrogen-bond acceptors (Lipinski definition) is 4.